The zero-order chi connectivity index (χ0) is 17.0. The summed E-state index contributed by atoms with van der Waals surface area (Å²) >= 11 is 0. The molecule has 0 aromatic heterocycles. The van der Waals surface area contributed by atoms with Gasteiger partial charge in [-0.3, -0.25) is 4.99 Å². The van der Waals surface area contributed by atoms with Crippen molar-refractivity contribution in [1.29, 1.82) is 0 Å². The van der Waals surface area contributed by atoms with Crippen LogP contribution in [0.1, 0.15) is 57.8 Å². The summed E-state index contributed by atoms with van der Waals surface area (Å²) in [6.45, 7) is 4.68. The van der Waals surface area contributed by atoms with Crippen molar-refractivity contribution in [3.63, 3.8) is 0 Å². The van der Waals surface area contributed by atoms with E-state index in [0.717, 1.165) is 51.7 Å². The number of unbranched alkanes of at least 4 members (excludes halogenated alkanes) is 1. The summed E-state index contributed by atoms with van der Waals surface area (Å²) in [6, 6.07) is 0. The lowest BCUT2D eigenvalue weighted by atomic mass is 10.1. The topological polar surface area (TPSA) is 46.1 Å². The first kappa shape index (κ1) is 23.0. The highest BCUT2D eigenvalue weighted by molar-refractivity contribution is 14.0. The fraction of sp³-hybridized carbons (Fsp3) is 0.947. The molecule has 1 aliphatic carbocycles. The Balaban J connectivity index is 0.00000312. The van der Waals surface area contributed by atoms with Crippen LogP contribution in [0, 0.1) is 5.92 Å². The molecule has 0 bridgehead atoms. The van der Waals surface area contributed by atoms with E-state index in [4.69, 9.17) is 9.47 Å². The van der Waals surface area contributed by atoms with Gasteiger partial charge >= 0.3 is 0 Å². The first-order chi connectivity index (χ1) is 11.8. The maximum absolute atomic E-state index is 6.05. The molecule has 1 aliphatic heterocycles. The zero-order valence-corrected chi connectivity index (χ0v) is 18.5. The molecule has 1 unspecified atom stereocenters. The summed E-state index contributed by atoms with van der Waals surface area (Å²) in [5, 5.41) is 3.47. The number of nitrogens with one attached hydrogen (secondary N) is 1. The Bertz CT molecular complexity index is 355. The quantitative estimate of drug-likeness (QED) is 0.195. The summed E-state index contributed by atoms with van der Waals surface area (Å²) in [7, 11) is 3.97. The van der Waals surface area contributed by atoms with E-state index in [9.17, 15) is 0 Å². The Kier molecular flexibility index (Phi) is 12.9. The number of rotatable bonds is 8. The Morgan fingerprint density at radius 2 is 1.92 bits per heavy atom. The molecule has 2 aliphatic rings. The van der Waals surface area contributed by atoms with Crippen LogP contribution in [0.5, 0.6) is 0 Å². The van der Waals surface area contributed by atoms with Gasteiger partial charge in [0.15, 0.2) is 5.96 Å². The first-order valence-electron chi connectivity index (χ1n) is 9.90. The fourth-order valence-corrected chi connectivity index (χ4v) is 3.67. The van der Waals surface area contributed by atoms with Gasteiger partial charge in [-0.2, -0.15) is 0 Å². The predicted molar refractivity (Wildman–Crippen MR) is 115 cm³/mol. The molecule has 5 nitrogen and oxygen atoms in total. The largest absolute Gasteiger partial charge is 0.381 e. The van der Waals surface area contributed by atoms with Crippen molar-refractivity contribution >= 4 is 29.9 Å². The van der Waals surface area contributed by atoms with Gasteiger partial charge in [0.1, 0.15) is 0 Å². The highest BCUT2D eigenvalue weighted by Crippen LogP contribution is 2.20. The fourth-order valence-electron chi connectivity index (χ4n) is 3.67. The van der Waals surface area contributed by atoms with Gasteiger partial charge in [0, 0.05) is 46.3 Å². The van der Waals surface area contributed by atoms with E-state index in [1.165, 1.54) is 44.9 Å². The number of halogens is 1. The van der Waals surface area contributed by atoms with Gasteiger partial charge in [-0.05, 0) is 32.1 Å². The number of nitrogens with zero attached hydrogens (tertiary/aromatic N) is 2. The average molecular weight is 467 g/mol. The van der Waals surface area contributed by atoms with E-state index in [-0.39, 0.29) is 24.0 Å². The Morgan fingerprint density at radius 3 is 2.56 bits per heavy atom. The second-order valence-electron chi connectivity index (χ2n) is 7.28. The molecule has 1 heterocycles. The van der Waals surface area contributed by atoms with E-state index in [1.54, 1.807) is 0 Å². The maximum Gasteiger partial charge on any atom is 0.193 e. The number of hydrogen-bond donors (Lipinski definition) is 1. The van der Waals surface area contributed by atoms with E-state index < -0.39 is 0 Å². The molecule has 1 saturated heterocycles. The third-order valence-electron chi connectivity index (χ3n) is 5.14. The molecular weight excluding hydrogens is 429 g/mol. The molecule has 1 saturated carbocycles. The molecule has 1 atom stereocenters. The molecule has 1 N–H and O–H groups in total. The third kappa shape index (κ3) is 9.43. The molecule has 0 amide bonds. The Morgan fingerprint density at radius 1 is 1.16 bits per heavy atom. The van der Waals surface area contributed by atoms with Crippen molar-refractivity contribution in [1.82, 2.24) is 10.2 Å². The van der Waals surface area contributed by atoms with Crippen molar-refractivity contribution in [3.8, 4) is 0 Å². The average Bonchev–Trinajstić information content (AvgIpc) is 2.95. The number of hydrogen-bond acceptors (Lipinski definition) is 3. The molecule has 0 aromatic carbocycles. The van der Waals surface area contributed by atoms with Gasteiger partial charge in [-0.15, -0.1) is 24.0 Å². The number of guanidine groups is 1. The third-order valence-corrected chi connectivity index (χ3v) is 5.14. The molecule has 6 heteroatoms. The Hall–Kier alpha value is -0.0800. The van der Waals surface area contributed by atoms with Gasteiger partial charge in [-0.25, -0.2) is 0 Å². The second kappa shape index (κ2) is 14.0. The van der Waals surface area contributed by atoms with E-state index in [1.807, 2.05) is 7.05 Å². The first-order valence-corrected chi connectivity index (χ1v) is 9.90. The number of ether oxygens (including phenoxy) is 2. The highest BCUT2D eigenvalue weighted by atomic mass is 127. The smallest absolute Gasteiger partial charge is 0.193 e. The molecule has 0 radical (unpaired) electrons. The molecule has 2 fully saturated rings. The monoisotopic (exact) mass is 467 g/mol. The SMILES string of the molecule is CN=C(NCCCCOC1CCCCCC1)N(C)CC1CCOC1.I. The summed E-state index contributed by atoms with van der Waals surface area (Å²) in [6.07, 6.45) is 12.0. The highest BCUT2D eigenvalue weighted by Gasteiger charge is 2.19. The normalized spacial score (nSPS) is 22.3. The Labute approximate surface area is 171 Å². The number of aliphatic imine (C=N–C) groups is 1. The van der Waals surface area contributed by atoms with Gasteiger partial charge in [0.2, 0.25) is 0 Å². The molecule has 25 heavy (non-hydrogen) atoms. The van der Waals surface area contributed by atoms with Crippen LogP contribution in [0.4, 0.5) is 0 Å². The van der Waals surface area contributed by atoms with E-state index in [0.29, 0.717) is 12.0 Å². The van der Waals surface area contributed by atoms with E-state index in [2.05, 4.69) is 22.3 Å². The van der Waals surface area contributed by atoms with Crippen LogP contribution in [-0.2, 0) is 9.47 Å². The lowest BCUT2D eigenvalue weighted by molar-refractivity contribution is 0.0411. The van der Waals surface area contributed by atoms with Crippen LogP contribution >= 0.6 is 24.0 Å². The zero-order valence-electron chi connectivity index (χ0n) is 16.2. The summed E-state index contributed by atoms with van der Waals surface area (Å²) in [5.74, 6) is 1.63. The molecule has 0 spiro atoms. The molecular formula is C19H38IN3O2. The molecule has 148 valence electrons. The standard InChI is InChI=1S/C19H37N3O2.HI/c1-20-19(22(2)15-17-11-14-23-16-17)21-12-7-8-13-24-18-9-5-3-4-6-10-18;/h17-18H,3-16H2,1-2H3,(H,20,21);1H. The lowest BCUT2D eigenvalue weighted by Crippen LogP contribution is -2.41. The van der Waals surface area contributed by atoms with Gasteiger partial charge in [0.05, 0.1) is 12.7 Å². The van der Waals surface area contributed by atoms with Gasteiger partial charge in [-0.1, -0.05) is 25.7 Å². The van der Waals surface area contributed by atoms with Crippen LogP contribution in [0.25, 0.3) is 0 Å². The lowest BCUT2D eigenvalue weighted by Gasteiger charge is -2.24. The van der Waals surface area contributed by atoms with Crippen LogP contribution in [0.3, 0.4) is 0 Å². The summed E-state index contributed by atoms with van der Waals surface area (Å²) < 4.78 is 11.5. The van der Waals surface area contributed by atoms with Crippen LogP contribution in [0.15, 0.2) is 4.99 Å². The predicted octanol–water partition coefficient (Wildman–Crippen LogP) is 3.67. The second-order valence-corrected chi connectivity index (χ2v) is 7.28. The minimum absolute atomic E-state index is 0. The minimum Gasteiger partial charge on any atom is -0.381 e. The molecule has 2 rings (SSSR count). The van der Waals surface area contributed by atoms with E-state index >= 15 is 0 Å². The van der Waals surface area contributed by atoms with Crippen molar-refractivity contribution in [2.45, 2.75) is 63.9 Å². The van der Waals surface area contributed by atoms with Crippen LogP contribution < -0.4 is 5.32 Å². The van der Waals surface area contributed by atoms with Crippen molar-refractivity contribution in [2.24, 2.45) is 10.9 Å². The van der Waals surface area contributed by atoms with Crippen molar-refractivity contribution in [2.75, 3.05) is 47.0 Å². The summed E-state index contributed by atoms with van der Waals surface area (Å²) in [4.78, 5) is 6.61. The van der Waals surface area contributed by atoms with Crippen LogP contribution in [-0.4, -0.2) is 64.0 Å². The summed E-state index contributed by atoms with van der Waals surface area (Å²) in [5.41, 5.74) is 0. The van der Waals surface area contributed by atoms with Crippen molar-refractivity contribution in [3.05, 3.63) is 0 Å². The van der Waals surface area contributed by atoms with Gasteiger partial charge in [0.25, 0.3) is 0 Å². The molecule has 0 aromatic rings. The maximum atomic E-state index is 6.05. The van der Waals surface area contributed by atoms with Crippen LogP contribution in [0.2, 0.25) is 0 Å². The van der Waals surface area contributed by atoms with Crippen molar-refractivity contribution < 1.29 is 9.47 Å². The van der Waals surface area contributed by atoms with Gasteiger partial charge < -0.3 is 19.7 Å². The minimum atomic E-state index is 0.